The molecule has 138 valence electrons. The summed E-state index contributed by atoms with van der Waals surface area (Å²) in [6.07, 6.45) is 6.01. The fourth-order valence-corrected chi connectivity index (χ4v) is 3.72. The van der Waals surface area contributed by atoms with Crippen molar-refractivity contribution < 1.29 is 4.79 Å². The smallest absolute Gasteiger partial charge is 0.237 e. The third-order valence-electron chi connectivity index (χ3n) is 5.23. The van der Waals surface area contributed by atoms with E-state index in [0.29, 0.717) is 13.1 Å². The maximum Gasteiger partial charge on any atom is 0.237 e. The molecular weight excluding hydrogens is 358 g/mol. The van der Waals surface area contributed by atoms with Gasteiger partial charge < -0.3 is 4.90 Å². The van der Waals surface area contributed by atoms with Crippen LogP contribution in [0.4, 0.5) is 0 Å². The van der Waals surface area contributed by atoms with Gasteiger partial charge in [-0.25, -0.2) is 4.68 Å². The first-order valence-corrected chi connectivity index (χ1v) is 9.72. The van der Waals surface area contributed by atoms with Gasteiger partial charge in [-0.15, -0.1) is 11.6 Å². The minimum absolute atomic E-state index is 0.00229. The van der Waals surface area contributed by atoms with Gasteiger partial charge in [-0.05, 0) is 30.5 Å². The summed E-state index contributed by atoms with van der Waals surface area (Å²) in [6, 6.07) is 20.4. The SMILES string of the molecule is O=C(CCl)N(Cc1cnn(-c2ccccc2)c1)CC1(c2ccccc2)CC1. The molecule has 1 amide bonds. The summed E-state index contributed by atoms with van der Waals surface area (Å²) in [4.78, 5) is 14.4. The number of aromatic nitrogens is 2. The average molecular weight is 380 g/mol. The van der Waals surface area contributed by atoms with Crippen LogP contribution in [-0.2, 0) is 16.8 Å². The second-order valence-electron chi connectivity index (χ2n) is 7.16. The standard InChI is InChI=1S/C22H22ClN3O/c23-13-21(27)25(17-22(11-12-22)19-7-3-1-4-8-19)15-18-14-24-26(16-18)20-9-5-2-6-10-20/h1-10,14,16H,11-13,15,17H2. The van der Waals surface area contributed by atoms with Crippen molar-refractivity contribution in [3.63, 3.8) is 0 Å². The predicted octanol–water partition coefficient (Wildman–Crippen LogP) is 4.17. The Morgan fingerprint density at radius 2 is 1.74 bits per heavy atom. The first kappa shape index (κ1) is 17.8. The number of hydrogen-bond donors (Lipinski definition) is 0. The number of rotatable bonds is 7. The summed E-state index contributed by atoms with van der Waals surface area (Å²) >= 11 is 5.90. The third-order valence-corrected chi connectivity index (χ3v) is 5.46. The molecule has 0 unspecified atom stereocenters. The molecule has 1 fully saturated rings. The molecule has 0 bridgehead atoms. The van der Waals surface area contributed by atoms with Gasteiger partial charge in [-0.2, -0.15) is 5.10 Å². The molecule has 1 aliphatic rings. The van der Waals surface area contributed by atoms with Crippen LogP contribution in [0.25, 0.3) is 5.69 Å². The molecule has 0 saturated heterocycles. The second kappa shape index (κ2) is 7.57. The van der Waals surface area contributed by atoms with Crippen molar-refractivity contribution in [1.29, 1.82) is 0 Å². The lowest BCUT2D eigenvalue weighted by molar-refractivity contribution is -0.129. The van der Waals surface area contributed by atoms with E-state index < -0.39 is 0 Å². The van der Waals surface area contributed by atoms with Crippen molar-refractivity contribution >= 4 is 17.5 Å². The number of amides is 1. The predicted molar refractivity (Wildman–Crippen MR) is 107 cm³/mol. The van der Waals surface area contributed by atoms with Gasteiger partial charge in [-0.1, -0.05) is 48.5 Å². The molecule has 27 heavy (non-hydrogen) atoms. The Hall–Kier alpha value is -2.59. The van der Waals surface area contributed by atoms with E-state index in [0.717, 1.165) is 24.1 Å². The van der Waals surface area contributed by atoms with E-state index in [9.17, 15) is 4.79 Å². The van der Waals surface area contributed by atoms with Crippen LogP contribution >= 0.6 is 11.6 Å². The molecule has 4 nitrogen and oxygen atoms in total. The molecule has 0 N–H and O–H groups in total. The molecule has 1 aromatic heterocycles. The fourth-order valence-electron chi connectivity index (χ4n) is 3.55. The third kappa shape index (κ3) is 3.91. The van der Waals surface area contributed by atoms with Crippen molar-refractivity contribution in [2.24, 2.45) is 0 Å². The van der Waals surface area contributed by atoms with Crippen LogP contribution in [0.5, 0.6) is 0 Å². The van der Waals surface area contributed by atoms with Crippen LogP contribution < -0.4 is 0 Å². The Kier molecular flexibility index (Phi) is 4.99. The number of carbonyl (C=O) groups is 1. The first-order valence-electron chi connectivity index (χ1n) is 9.18. The number of hydrogen-bond acceptors (Lipinski definition) is 2. The summed E-state index contributed by atoms with van der Waals surface area (Å²) in [5, 5.41) is 4.44. The van der Waals surface area contributed by atoms with Crippen molar-refractivity contribution in [3.8, 4) is 5.69 Å². The highest BCUT2D eigenvalue weighted by molar-refractivity contribution is 6.27. The largest absolute Gasteiger partial charge is 0.336 e. The Bertz CT molecular complexity index is 904. The molecule has 0 spiro atoms. The van der Waals surface area contributed by atoms with Gasteiger partial charge in [0, 0.05) is 30.3 Å². The Morgan fingerprint density at radius 1 is 1.07 bits per heavy atom. The quantitative estimate of drug-likeness (QED) is 0.578. The van der Waals surface area contributed by atoms with Gasteiger partial charge in [-0.3, -0.25) is 4.79 Å². The molecule has 4 rings (SSSR count). The first-order chi connectivity index (χ1) is 13.2. The van der Waals surface area contributed by atoms with E-state index in [1.165, 1.54) is 5.56 Å². The highest BCUT2D eigenvalue weighted by Crippen LogP contribution is 2.48. The summed E-state index contributed by atoms with van der Waals surface area (Å²) in [5.41, 5.74) is 3.37. The highest BCUT2D eigenvalue weighted by atomic mass is 35.5. The lowest BCUT2D eigenvalue weighted by atomic mass is 9.95. The molecule has 3 aromatic rings. The minimum Gasteiger partial charge on any atom is -0.336 e. The number of alkyl halides is 1. The maximum absolute atomic E-state index is 12.5. The van der Waals surface area contributed by atoms with Gasteiger partial charge in [0.15, 0.2) is 0 Å². The van der Waals surface area contributed by atoms with Crippen LogP contribution in [0, 0.1) is 0 Å². The second-order valence-corrected chi connectivity index (χ2v) is 7.43. The zero-order chi connectivity index (χ0) is 18.7. The van der Waals surface area contributed by atoms with E-state index in [2.05, 4.69) is 29.4 Å². The Labute approximate surface area is 164 Å². The molecule has 1 aliphatic carbocycles. The summed E-state index contributed by atoms with van der Waals surface area (Å²) in [5.74, 6) is -0.0381. The van der Waals surface area contributed by atoms with E-state index in [4.69, 9.17) is 11.6 Å². The van der Waals surface area contributed by atoms with Gasteiger partial charge in [0.25, 0.3) is 0 Å². The molecule has 5 heteroatoms. The molecular formula is C22H22ClN3O. The molecule has 1 saturated carbocycles. The average Bonchev–Trinajstić information content (AvgIpc) is 3.37. The molecule has 0 aliphatic heterocycles. The summed E-state index contributed by atoms with van der Waals surface area (Å²) < 4.78 is 1.84. The number of benzene rings is 2. The highest BCUT2D eigenvalue weighted by Gasteiger charge is 2.46. The lowest BCUT2D eigenvalue weighted by Gasteiger charge is -2.27. The molecule has 0 radical (unpaired) electrons. The normalized spacial score (nSPS) is 14.7. The van der Waals surface area contributed by atoms with E-state index in [-0.39, 0.29) is 17.2 Å². The number of carbonyl (C=O) groups excluding carboxylic acids is 1. The zero-order valence-electron chi connectivity index (χ0n) is 15.1. The fraction of sp³-hybridized carbons (Fsp3) is 0.273. The number of para-hydroxylation sites is 1. The van der Waals surface area contributed by atoms with Crippen molar-refractivity contribution in [1.82, 2.24) is 14.7 Å². The van der Waals surface area contributed by atoms with Crippen LogP contribution in [0.15, 0.2) is 73.1 Å². The molecule has 1 heterocycles. The summed E-state index contributed by atoms with van der Waals surface area (Å²) in [6.45, 7) is 1.21. The van der Waals surface area contributed by atoms with Crippen molar-refractivity contribution in [2.75, 3.05) is 12.4 Å². The Balaban J connectivity index is 1.52. The molecule has 2 aromatic carbocycles. The minimum atomic E-state index is -0.0358. The zero-order valence-corrected chi connectivity index (χ0v) is 15.8. The van der Waals surface area contributed by atoms with Crippen molar-refractivity contribution in [2.45, 2.75) is 24.8 Å². The van der Waals surface area contributed by atoms with Crippen LogP contribution in [0.3, 0.4) is 0 Å². The van der Waals surface area contributed by atoms with Crippen molar-refractivity contribution in [3.05, 3.63) is 84.2 Å². The van der Waals surface area contributed by atoms with Gasteiger partial charge >= 0.3 is 0 Å². The van der Waals surface area contributed by atoms with Crippen LogP contribution in [-0.4, -0.2) is 33.0 Å². The number of nitrogens with zero attached hydrogens (tertiary/aromatic N) is 3. The van der Waals surface area contributed by atoms with E-state index in [1.807, 2.05) is 58.4 Å². The van der Waals surface area contributed by atoms with Crippen LogP contribution in [0.2, 0.25) is 0 Å². The van der Waals surface area contributed by atoms with E-state index >= 15 is 0 Å². The topological polar surface area (TPSA) is 38.1 Å². The van der Waals surface area contributed by atoms with Gasteiger partial charge in [0.2, 0.25) is 5.91 Å². The van der Waals surface area contributed by atoms with Gasteiger partial charge in [0.1, 0.15) is 5.88 Å². The Morgan fingerprint density at radius 3 is 2.37 bits per heavy atom. The lowest BCUT2D eigenvalue weighted by Crippen LogP contribution is -2.37. The number of halogens is 1. The maximum atomic E-state index is 12.5. The van der Waals surface area contributed by atoms with E-state index in [1.54, 1.807) is 0 Å². The molecule has 0 atom stereocenters. The van der Waals surface area contributed by atoms with Crippen LogP contribution in [0.1, 0.15) is 24.0 Å². The monoisotopic (exact) mass is 379 g/mol. The summed E-state index contributed by atoms with van der Waals surface area (Å²) in [7, 11) is 0. The van der Waals surface area contributed by atoms with Gasteiger partial charge in [0.05, 0.1) is 11.9 Å².